The molecule has 4 N–H and O–H groups in total. The van der Waals surface area contributed by atoms with Crippen molar-refractivity contribution < 1.29 is 19.4 Å². The third kappa shape index (κ3) is 3.45. The van der Waals surface area contributed by atoms with Crippen LogP contribution in [0.25, 0.3) is 0 Å². The van der Waals surface area contributed by atoms with E-state index in [1.807, 2.05) is 0 Å². The Kier molecular flexibility index (Phi) is 4.24. The second kappa shape index (κ2) is 5.25. The van der Waals surface area contributed by atoms with Gasteiger partial charge in [-0.05, 0) is 5.56 Å². The lowest BCUT2D eigenvalue weighted by Crippen LogP contribution is -2.14. The van der Waals surface area contributed by atoms with E-state index in [2.05, 4.69) is 0 Å². The van der Waals surface area contributed by atoms with Crippen molar-refractivity contribution in [2.45, 2.75) is 12.2 Å². The number of carbonyl (C=O) groups is 1. The first kappa shape index (κ1) is 12.9. The maximum Gasteiger partial charge on any atom is 0.303 e. The molecule has 1 unspecified atom stereocenters. The average Bonchev–Trinajstić information content (AvgIpc) is 2.27. The fourth-order valence-electron chi connectivity index (χ4n) is 1.28. The second-order valence-corrected chi connectivity index (χ2v) is 5.99. The number of hydrogen-bond donors (Lipinski definition) is 3. The molecule has 0 heterocycles. The van der Waals surface area contributed by atoms with E-state index in [1.165, 1.54) is 0 Å². The van der Waals surface area contributed by atoms with E-state index in [1.54, 1.807) is 30.3 Å². The predicted octanol–water partition coefficient (Wildman–Crippen LogP) is 1.39. The van der Waals surface area contributed by atoms with Crippen molar-refractivity contribution in [3.8, 4) is 0 Å². The Morgan fingerprint density at radius 1 is 1.38 bits per heavy atom. The van der Waals surface area contributed by atoms with Gasteiger partial charge in [-0.3, -0.25) is 9.36 Å². The minimum atomic E-state index is -3.66. The summed E-state index contributed by atoms with van der Waals surface area (Å²) in [5.74, 6) is -2.12. The monoisotopic (exact) mass is 243 g/mol. The summed E-state index contributed by atoms with van der Waals surface area (Å²) < 4.78 is 11.8. The van der Waals surface area contributed by atoms with E-state index in [9.17, 15) is 14.3 Å². The highest BCUT2D eigenvalue weighted by Crippen LogP contribution is 2.52. The van der Waals surface area contributed by atoms with Crippen LogP contribution < -0.4 is 5.73 Å². The first-order valence-corrected chi connectivity index (χ1v) is 6.68. The largest absolute Gasteiger partial charge is 0.481 e. The molecule has 1 aromatic rings. The Bertz CT molecular complexity index is 407. The van der Waals surface area contributed by atoms with Gasteiger partial charge < -0.3 is 15.7 Å². The van der Waals surface area contributed by atoms with Crippen molar-refractivity contribution in [2.75, 3.05) is 6.16 Å². The van der Waals surface area contributed by atoms with Crippen LogP contribution in [-0.2, 0) is 9.36 Å². The van der Waals surface area contributed by atoms with Crippen LogP contribution in [0, 0.1) is 0 Å². The molecule has 5 nitrogen and oxygen atoms in total. The van der Waals surface area contributed by atoms with Gasteiger partial charge in [0.15, 0.2) is 0 Å². The van der Waals surface area contributed by atoms with Gasteiger partial charge in [0.25, 0.3) is 0 Å². The van der Waals surface area contributed by atoms with Crippen molar-refractivity contribution >= 4 is 13.3 Å². The molecule has 0 amide bonds. The molecule has 1 rings (SSSR count). The van der Waals surface area contributed by atoms with Gasteiger partial charge >= 0.3 is 5.97 Å². The Morgan fingerprint density at radius 3 is 2.44 bits per heavy atom. The first-order valence-electron chi connectivity index (χ1n) is 4.77. The van der Waals surface area contributed by atoms with E-state index in [-0.39, 0.29) is 12.6 Å². The van der Waals surface area contributed by atoms with Crippen LogP contribution >= 0.6 is 7.37 Å². The van der Waals surface area contributed by atoms with Crippen molar-refractivity contribution in [2.24, 2.45) is 5.73 Å². The van der Waals surface area contributed by atoms with Crippen molar-refractivity contribution in [3.63, 3.8) is 0 Å². The number of carboxylic acid groups (broad SMARTS) is 1. The number of aliphatic carboxylic acids is 1. The molecule has 0 bridgehead atoms. The standard InChI is InChI=1S/C10H14NO4P/c11-10(8-4-2-1-3-5-8)16(14,15)7-6-9(12)13/h1-5,10H,6-7,11H2,(H,12,13)(H,14,15)/t10-/m1/s1. The van der Waals surface area contributed by atoms with Gasteiger partial charge in [-0.15, -0.1) is 0 Å². The summed E-state index contributed by atoms with van der Waals surface area (Å²) in [6.07, 6.45) is -0.660. The van der Waals surface area contributed by atoms with Gasteiger partial charge in [-0.2, -0.15) is 0 Å². The van der Waals surface area contributed by atoms with Gasteiger partial charge in [0.05, 0.1) is 6.42 Å². The zero-order valence-electron chi connectivity index (χ0n) is 8.61. The van der Waals surface area contributed by atoms with Crippen LogP contribution in [0.4, 0.5) is 0 Å². The van der Waals surface area contributed by atoms with Gasteiger partial charge in [0, 0.05) is 6.16 Å². The normalized spacial score (nSPS) is 16.4. The van der Waals surface area contributed by atoms with E-state index in [0.717, 1.165) is 0 Å². The van der Waals surface area contributed by atoms with Crippen molar-refractivity contribution in [1.82, 2.24) is 0 Å². The van der Waals surface area contributed by atoms with Gasteiger partial charge in [-0.1, -0.05) is 30.3 Å². The Labute approximate surface area is 93.4 Å². The van der Waals surface area contributed by atoms with Crippen LogP contribution in [0.2, 0.25) is 0 Å². The van der Waals surface area contributed by atoms with Gasteiger partial charge in [0.2, 0.25) is 7.37 Å². The molecule has 1 aromatic carbocycles. The summed E-state index contributed by atoms with van der Waals surface area (Å²) in [7, 11) is -3.66. The predicted molar refractivity (Wildman–Crippen MR) is 60.3 cm³/mol. The average molecular weight is 243 g/mol. The smallest absolute Gasteiger partial charge is 0.303 e. The number of nitrogens with two attached hydrogens (primary N) is 1. The second-order valence-electron chi connectivity index (χ2n) is 3.48. The van der Waals surface area contributed by atoms with Crippen molar-refractivity contribution in [3.05, 3.63) is 35.9 Å². The molecular formula is C10H14NO4P. The molecule has 0 aliphatic carbocycles. The van der Waals surface area contributed by atoms with Gasteiger partial charge in [0.1, 0.15) is 5.78 Å². The summed E-state index contributed by atoms with van der Waals surface area (Å²) >= 11 is 0. The zero-order chi connectivity index (χ0) is 12.2. The molecule has 0 saturated heterocycles. The highest BCUT2D eigenvalue weighted by Gasteiger charge is 2.29. The maximum atomic E-state index is 11.8. The molecule has 0 spiro atoms. The lowest BCUT2D eigenvalue weighted by atomic mass is 10.2. The van der Waals surface area contributed by atoms with E-state index < -0.39 is 19.1 Å². The summed E-state index contributed by atoms with van der Waals surface area (Å²) in [5.41, 5.74) is 6.19. The summed E-state index contributed by atoms with van der Waals surface area (Å²) in [4.78, 5) is 20.0. The van der Waals surface area contributed by atoms with Gasteiger partial charge in [-0.25, -0.2) is 0 Å². The third-order valence-electron chi connectivity index (χ3n) is 2.22. The Hall–Kier alpha value is -1.16. The summed E-state index contributed by atoms with van der Waals surface area (Å²) in [6.45, 7) is 0. The lowest BCUT2D eigenvalue weighted by molar-refractivity contribution is -0.136. The molecule has 6 heteroatoms. The van der Waals surface area contributed by atoms with Crippen LogP contribution in [0.1, 0.15) is 17.8 Å². The molecule has 88 valence electrons. The Morgan fingerprint density at radius 2 is 1.94 bits per heavy atom. The summed E-state index contributed by atoms with van der Waals surface area (Å²) in [5, 5.41) is 8.46. The van der Waals surface area contributed by atoms with Crippen molar-refractivity contribution in [1.29, 1.82) is 0 Å². The number of hydrogen-bond acceptors (Lipinski definition) is 3. The SMILES string of the molecule is N[C@@H](c1ccccc1)P(=O)(O)CCC(=O)O. The molecular weight excluding hydrogens is 229 g/mol. The third-order valence-corrected chi connectivity index (χ3v) is 4.25. The van der Waals surface area contributed by atoms with Crippen LogP contribution in [-0.4, -0.2) is 22.1 Å². The molecule has 16 heavy (non-hydrogen) atoms. The molecule has 0 saturated carbocycles. The minimum absolute atomic E-state index is 0.307. The minimum Gasteiger partial charge on any atom is -0.481 e. The highest BCUT2D eigenvalue weighted by atomic mass is 31.2. The topological polar surface area (TPSA) is 101 Å². The molecule has 0 radical (unpaired) electrons. The zero-order valence-corrected chi connectivity index (χ0v) is 9.51. The molecule has 0 aliphatic rings. The molecule has 2 atom stereocenters. The van der Waals surface area contributed by atoms with E-state index in [4.69, 9.17) is 10.8 Å². The fraction of sp³-hybridized carbons (Fsp3) is 0.300. The highest BCUT2D eigenvalue weighted by molar-refractivity contribution is 7.58. The number of carboxylic acids is 1. The molecule has 0 aliphatic heterocycles. The number of rotatable bonds is 5. The van der Waals surface area contributed by atoms with E-state index in [0.29, 0.717) is 5.56 Å². The van der Waals surface area contributed by atoms with E-state index >= 15 is 0 Å². The lowest BCUT2D eigenvalue weighted by Gasteiger charge is -2.18. The van der Waals surface area contributed by atoms with Crippen LogP contribution in [0.5, 0.6) is 0 Å². The van der Waals surface area contributed by atoms with Crippen LogP contribution in [0.15, 0.2) is 30.3 Å². The quantitative estimate of drug-likeness (QED) is 0.678. The fourth-order valence-corrected chi connectivity index (χ4v) is 2.71. The number of benzene rings is 1. The van der Waals surface area contributed by atoms with Crippen LogP contribution in [0.3, 0.4) is 0 Å². The Balaban J connectivity index is 2.76. The first-order chi connectivity index (χ1) is 7.43. The summed E-state index contributed by atoms with van der Waals surface area (Å²) in [6, 6.07) is 8.50. The molecule has 0 fully saturated rings. The molecule has 0 aromatic heterocycles. The maximum absolute atomic E-state index is 11.8.